The molecule has 0 atom stereocenters. The van der Waals surface area contributed by atoms with Crippen molar-refractivity contribution in [1.82, 2.24) is 0 Å². The van der Waals surface area contributed by atoms with Gasteiger partial charge in [-0.15, -0.1) is 0 Å². The summed E-state index contributed by atoms with van der Waals surface area (Å²) in [4.78, 5) is 4.72. The Kier molecular flexibility index (Phi) is 9.73. The molecule has 6 N–H and O–H groups in total. The molecule has 0 spiro atoms. The van der Waals surface area contributed by atoms with E-state index in [-0.39, 0.29) is 5.92 Å². The molecule has 0 radical (unpaired) electrons. The first kappa shape index (κ1) is 26.7. The second-order valence-electron chi connectivity index (χ2n) is 8.90. The van der Waals surface area contributed by atoms with Gasteiger partial charge in [-0.05, 0) is 85.3 Å². The Balaban J connectivity index is 2.21. The number of nitrogens with zero attached hydrogens (tertiary/aromatic N) is 2. The molecule has 0 bridgehead atoms. The lowest BCUT2D eigenvalue weighted by molar-refractivity contribution is 0.850. The highest BCUT2D eigenvalue weighted by Gasteiger charge is 2.23. The van der Waals surface area contributed by atoms with Gasteiger partial charge in [0, 0.05) is 63.1 Å². The lowest BCUT2D eigenvalue weighted by Gasteiger charge is -2.28. The van der Waals surface area contributed by atoms with Crippen molar-refractivity contribution in [2.45, 2.75) is 53.2 Å². The average Bonchev–Trinajstić information content (AvgIpc) is 2.91. The van der Waals surface area contributed by atoms with Gasteiger partial charge in [0.05, 0.1) is 0 Å². The van der Waals surface area contributed by atoms with E-state index in [2.05, 4.69) is 98.2 Å². The first-order valence-electron chi connectivity index (χ1n) is 13.0. The Labute approximate surface area is 211 Å². The summed E-state index contributed by atoms with van der Waals surface area (Å²) >= 11 is 0. The summed E-state index contributed by atoms with van der Waals surface area (Å²) in [7, 11) is 0. The molecule has 3 aromatic carbocycles. The van der Waals surface area contributed by atoms with Crippen LogP contribution < -0.4 is 27.0 Å². The van der Waals surface area contributed by atoms with Gasteiger partial charge in [0.25, 0.3) is 0 Å². The largest absolute Gasteiger partial charge is 0.372 e. The van der Waals surface area contributed by atoms with Gasteiger partial charge in [-0.2, -0.15) is 0 Å². The second kappa shape index (κ2) is 12.7. The monoisotopic (exact) mass is 473 g/mol. The third kappa shape index (κ3) is 5.87. The molecule has 0 aliphatic rings. The molecule has 0 unspecified atom stereocenters. The van der Waals surface area contributed by atoms with Crippen LogP contribution in [0.5, 0.6) is 0 Å². The molecule has 0 saturated carbocycles. The quantitative estimate of drug-likeness (QED) is 0.325. The van der Waals surface area contributed by atoms with Gasteiger partial charge >= 0.3 is 0 Å². The van der Waals surface area contributed by atoms with Crippen LogP contribution in [0.3, 0.4) is 0 Å². The minimum atomic E-state index is 0.0374. The van der Waals surface area contributed by atoms with E-state index in [9.17, 15) is 0 Å². The lowest BCUT2D eigenvalue weighted by atomic mass is 9.80. The average molecular weight is 474 g/mol. The number of anilines is 2. The number of hydrogen-bond donors (Lipinski definition) is 3. The zero-order valence-electron chi connectivity index (χ0n) is 21.9. The van der Waals surface area contributed by atoms with Crippen molar-refractivity contribution >= 4 is 11.4 Å². The first-order chi connectivity index (χ1) is 17.0. The molecule has 0 heterocycles. The Bertz CT molecular complexity index is 1010. The Morgan fingerprint density at radius 1 is 0.571 bits per heavy atom. The van der Waals surface area contributed by atoms with E-state index in [0.29, 0.717) is 19.6 Å². The summed E-state index contributed by atoms with van der Waals surface area (Å²) in [6.07, 6.45) is 0. The zero-order chi connectivity index (χ0) is 25.4. The summed E-state index contributed by atoms with van der Waals surface area (Å²) in [5.74, 6) is 0.0374. The molecule has 3 rings (SSSR count). The van der Waals surface area contributed by atoms with Gasteiger partial charge in [-0.3, -0.25) is 0 Å². The molecule has 3 aromatic rings. The molecule has 0 aliphatic heterocycles. The highest BCUT2D eigenvalue weighted by molar-refractivity contribution is 5.59. The van der Waals surface area contributed by atoms with Crippen molar-refractivity contribution < 1.29 is 0 Å². The standard InChI is InChI=1S/C30H43N5/c1-5-34(6-2)26-13-15-28(24(17-26)20-32)30(23-11-9-22(19-31)10-12-23)29-16-14-27(18-25(29)21-33)35(7-3)8-4/h9-18,30H,5-8,19-21,31-33H2,1-4H3. The molecule has 35 heavy (non-hydrogen) atoms. The Morgan fingerprint density at radius 3 is 1.34 bits per heavy atom. The van der Waals surface area contributed by atoms with Gasteiger partial charge < -0.3 is 27.0 Å². The van der Waals surface area contributed by atoms with E-state index >= 15 is 0 Å². The second-order valence-corrected chi connectivity index (χ2v) is 8.90. The third-order valence-electron chi connectivity index (χ3n) is 7.12. The highest BCUT2D eigenvalue weighted by Crippen LogP contribution is 2.38. The molecule has 0 saturated heterocycles. The van der Waals surface area contributed by atoms with Crippen LogP contribution in [-0.2, 0) is 19.6 Å². The van der Waals surface area contributed by atoms with E-state index in [1.165, 1.54) is 28.1 Å². The maximum atomic E-state index is 6.35. The van der Waals surface area contributed by atoms with Crippen molar-refractivity contribution in [2.24, 2.45) is 17.2 Å². The smallest absolute Gasteiger partial charge is 0.0369 e. The molecule has 0 amide bonds. The van der Waals surface area contributed by atoms with Crippen LogP contribution in [0, 0.1) is 0 Å². The van der Waals surface area contributed by atoms with Gasteiger partial charge in [0.1, 0.15) is 0 Å². The molecule has 188 valence electrons. The summed E-state index contributed by atoms with van der Waals surface area (Å²) < 4.78 is 0. The van der Waals surface area contributed by atoms with Gasteiger partial charge in [0.15, 0.2) is 0 Å². The third-order valence-corrected chi connectivity index (χ3v) is 7.12. The van der Waals surface area contributed by atoms with Crippen LogP contribution in [-0.4, -0.2) is 26.2 Å². The van der Waals surface area contributed by atoms with Crippen molar-refractivity contribution in [3.8, 4) is 0 Å². The van der Waals surface area contributed by atoms with Gasteiger partial charge in [0.2, 0.25) is 0 Å². The molecule has 5 nitrogen and oxygen atoms in total. The minimum Gasteiger partial charge on any atom is -0.372 e. The molecular weight excluding hydrogens is 430 g/mol. The van der Waals surface area contributed by atoms with Crippen molar-refractivity contribution in [1.29, 1.82) is 0 Å². The van der Waals surface area contributed by atoms with Crippen LogP contribution in [0.4, 0.5) is 11.4 Å². The van der Waals surface area contributed by atoms with Crippen LogP contribution in [0.25, 0.3) is 0 Å². The molecular formula is C30H43N5. The van der Waals surface area contributed by atoms with Gasteiger partial charge in [-0.25, -0.2) is 0 Å². The van der Waals surface area contributed by atoms with Crippen LogP contribution in [0.2, 0.25) is 0 Å². The Morgan fingerprint density at radius 2 is 1.00 bits per heavy atom. The SMILES string of the molecule is CCN(CC)c1ccc(C(c2ccc(CN)cc2)c2ccc(N(CC)CC)cc2CN)c(CN)c1. The number of rotatable bonds is 12. The molecule has 0 fully saturated rings. The number of benzene rings is 3. The normalized spacial score (nSPS) is 11.2. The van der Waals surface area contributed by atoms with E-state index in [4.69, 9.17) is 17.2 Å². The van der Waals surface area contributed by atoms with Crippen molar-refractivity contribution in [2.75, 3.05) is 36.0 Å². The fraction of sp³-hybridized carbons (Fsp3) is 0.400. The van der Waals surface area contributed by atoms with E-state index in [1.54, 1.807) is 0 Å². The van der Waals surface area contributed by atoms with Crippen LogP contribution >= 0.6 is 0 Å². The van der Waals surface area contributed by atoms with E-state index < -0.39 is 0 Å². The molecule has 5 heteroatoms. The zero-order valence-corrected chi connectivity index (χ0v) is 21.9. The van der Waals surface area contributed by atoms with E-state index in [1.807, 2.05) is 0 Å². The summed E-state index contributed by atoms with van der Waals surface area (Å²) in [5, 5.41) is 0. The summed E-state index contributed by atoms with van der Waals surface area (Å²) in [6, 6.07) is 22.2. The first-order valence-corrected chi connectivity index (χ1v) is 13.0. The highest BCUT2D eigenvalue weighted by atomic mass is 15.1. The van der Waals surface area contributed by atoms with Gasteiger partial charge in [-0.1, -0.05) is 36.4 Å². The number of hydrogen-bond acceptors (Lipinski definition) is 5. The predicted molar refractivity (Wildman–Crippen MR) is 151 cm³/mol. The summed E-state index contributed by atoms with van der Waals surface area (Å²) in [5.41, 5.74) is 28.1. The van der Waals surface area contributed by atoms with Crippen LogP contribution in [0.15, 0.2) is 60.7 Å². The Hall–Kier alpha value is -2.86. The fourth-order valence-corrected chi connectivity index (χ4v) is 5.04. The predicted octanol–water partition coefficient (Wildman–Crippen LogP) is 4.94. The maximum absolute atomic E-state index is 6.35. The maximum Gasteiger partial charge on any atom is 0.0369 e. The molecule has 0 aromatic heterocycles. The fourth-order valence-electron chi connectivity index (χ4n) is 5.04. The summed E-state index contributed by atoms with van der Waals surface area (Å²) in [6.45, 7) is 14.1. The van der Waals surface area contributed by atoms with Crippen LogP contribution in [0.1, 0.15) is 67.0 Å². The topological polar surface area (TPSA) is 84.5 Å². The lowest BCUT2D eigenvalue weighted by Crippen LogP contribution is -2.23. The van der Waals surface area contributed by atoms with E-state index in [0.717, 1.165) is 42.9 Å². The van der Waals surface area contributed by atoms with Crippen molar-refractivity contribution in [3.63, 3.8) is 0 Å². The molecule has 0 aliphatic carbocycles. The minimum absolute atomic E-state index is 0.0374. The number of nitrogens with two attached hydrogens (primary N) is 3. The van der Waals surface area contributed by atoms with Crippen molar-refractivity contribution in [3.05, 3.63) is 94.0 Å².